The molecule has 2 aliphatic rings. The van der Waals surface area contributed by atoms with E-state index < -0.39 is 22.2 Å². The molecule has 0 spiro atoms. The van der Waals surface area contributed by atoms with Crippen molar-refractivity contribution in [2.45, 2.75) is 95.6 Å². The first kappa shape index (κ1) is 32.7. The maximum Gasteiger partial charge on any atom is 0.264 e. The average Bonchev–Trinajstić information content (AvgIpc) is 3.03. The van der Waals surface area contributed by atoms with E-state index in [0.29, 0.717) is 11.6 Å². The molecule has 1 saturated carbocycles. The van der Waals surface area contributed by atoms with Gasteiger partial charge < -0.3 is 10.1 Å². The second-order valence-electron chi connectivity index (χ2n) is 14.0. The molecule has 4 bridgehead atoms. The van der Waals surface area contributed by atoms with Crippen LogP contribution in [0.15, 0.2) is 77.7 Å². The van der Waals surface area contributed by atoms with Crippen LogP contribution in [0.3, 0.4) is 0 Å². The fourth-order valence-corrected chi connectivity index (χ4v) is 7.83. The summed E-state index contributed by atoms with van der Waals surface area (Å²) in [6, 6.07) is 21.8. The lowest BCUT2D eigenvalue weighted by atomic mass is 9.82. The van der Waals surface area contributed by atoms with Crippen LogP contribution >= 0.6 is 0 Å². The molecule has 1 fully saturated rings. The topological polar surface area (TPSA) is 110 Å². The molecule has 246 valence electrons. The third kappa shape index (κ3) is 7.35. The molecule has 0 saturated heterocycles. The van der Waals surface area contributed by atoms with Crippen LogP contribution in [-0.4, -0.2) is 30.3 Å². The number of sulfonamides is 1. The van der Waals surface area contributed by atoms with E-state index in [9.17, 15) is 13.2 Å². The summed E-state index contributed by atoms with van der Waals surface area (Å²) >= 11 is 0. The van der Waals surface area contributed by atoms with Crippen LogP contribution in [0.2, 0.25) is 0 Å². The quantitative estimate of drug-likeness (QED) is 0.231. The summed E-state index contributed by atoms with van der Waals surface area (Å²) in [4.78, 5) is 23.1. The van der Waals surface area contributed by atoms with Crippen LogP contribution in [0.4, 0.5) is 5.95 Å². The number of amides is 1. The second kappa shape index (κ2) is 13.1. The standard InChI is InChI=1S/C38H44N4O4S/c1-24-11-9-12-25(2)34(24)31-23-33-41-37(40-31)42-47(44,45)30-16-10-15-28(22-30)36(43)39-32(21-26-13-7-6-8-14-26)35(46-33)27-17-19-29(20-18-27)38(3,4)5/h9-12,15-20,22-23,26,32,35H,6-8,13-14,21H2,1-5H3,(H,39,43)(H,40,41,42)/t32-,35?/m1/s1. The Labute approximate surface area is 278 Å². The van der Waals surface area contributed by atoms with E-state index in [1.807, 2.05) is 32.0 Å². The summed E-state index contributed by atoms with van der Waals surface area (Å²) in [5.74, 6) is 0.184. The van der Waals surface area contributed by atoms with E-state index in [-0.39, 0.29) is 33.6 Å². The Hall–Kier alpha value is -4.24. The Morgan fingerprint density at radius 2 is 1.55 bits per heavy atom. The van der Waals surface area contributed by atoms with Crippen molar-refractivity contribution in [1.29, 1.82) is 0 Å². The molecule has 1 aromatic heterocycles. The van der Waals surface area contributed by atoms with Gasteiger partial charge in [0.05, 0.1) is 16.6 Å². The molecule has 9 heteroatoms. The van der Waals surface area contributed by atoms with Crippen LogP contribution in [0.25, 0.3) is 11.3 Å². The van der Waals surface area contributed by atoms with Crippen molar-refractivity contribution >= 4 is 21.9 Å². The Bertz CT molecular complexity index is 1860. The molecule has 8 nitrogen and oxygen atoms in total. The van der Waals surface area contributed by atoms with E-state index in [2.05, 4.69) is 65.0 Å². The van der Waals surface area contributed by atoms with Gasteiger partial charge in [0.25, 0.3) is 15.9 Å². The summed E-state index contributed by atoms with van der Waals surface area (Å²) in [5, 5.41) is 3.28. The monoisotopic (exact) mass is 652 g/mol. The van der Waals surface area contributed by atoms with Crippen LogP contribution < -0.4 is 14.8 Å². The Kier molecular flexibility index (Phi) is 9.12. The predicted molar refractivity (Wildman–Crippen MR) is 185 cm³/mol. The zero-order chi connectivity index (χ0) is 33.3. The van der Waals surface area contributed by atoms with Crippen molar-refractivity contribution in [3.8, 4) is 17.1 Å². The summed E-state index contributed by atoms with van der Waals surface area (Å²) in [6.07, 6.45) is 5.84. The smallest absolute Gasteiger partial charge is 0.264 e. The number of carbonyl (C=O) groups is 1. The van der Waals surface area contributed by atoms with E-state index >= 15 is 0 Å². The van der Waals surface area contributed by atoms with Gasteiger partial charge in [-0.2, -0.15) is 4.98 Å². The summed E-state index contributed by atoms with van der Waals surface area (Å²) < 4.78 is 36.7. The molecular weight excluding hydrogens is 609 g/mol. The maximum absolute atomic E-state index is 13.9. The number of carbonyl (C=O) groups excluding carboxylic acids is 1. The van der Waals surface area contributed by atoms with E-state index in [1.54, 1.807) is 18.2 Å². The number of fused-ring (bicyclic) bond motifs is 4. The van der Waals surface area contributed by atoms with E-state index in [4.69, 9.17) is 4.74 Å². The number of hydrogen-bond acceptors (Lipinski definition) is 6. The number of ether oxygens (including phenoxy) is 1. The highest BCUT2D eigenvalue weighted by atomic mass is 32.2. The number of nitrogens with one attached hydrogen (secondary N) is 2. The normalized spacial score (nSPS) is 20.1. The van der Waals surface area contributed by atoms with Gasteiger partial charge in [-0.05, 0) is 72.1 Å². The molecule has 1 amide bonds. The van der Waals surface area contributed by atoms with E-state index in [1.165, 1.54) is 24.1 Å². The lowest BCUT2D eigenvalue weighted by Gasteiger charge is -2.33. The van der Waals surface area contributed by atoms with Crippen LogP contribution in [0.5, 0.6) is 5.88 Å². The first-order chi connectivity index (χ1) is 22.4. The molecule has 1 aliphatic carbocycles. The lowest BCUT2D eigenvalue weighted by molar-refractivity contribution is 0.0823. The molecule has 0 radical (unpaired) electrons. The predicted octanol–water partition coefficient (Wildman–Crippen LogP) is 8.06. The van der Waals surface area contributed by atoms with Gasteiger partial charge in [0, 0.05) is 17.2 Å². The summed E-state index contributed by atoms with van der Waals surface area (Å²) in [7, 11) is -4.13. The van der Waals surface area contributed by atoms with Gasteiger partial charge in [0.1, 0.15) is 6.10 Å². The van der Waals surface area contributed by atoms with Gasteiger partial charge >= 0.3 is 0 Å². The minimum Gasteiger partial charge on any atom is -0.467 e. The molecular formula is C38H44N4O4S. The van der Waals surface area contributed by atoms with Crippen molar-refractivity contribution in [3.05, 3.63) is 101 Å². The van der Waals surface area contributed by atoms with Gasteiger partial charge in [-0.15, -0.1) is 0 Å². The first-order valence-corrected chi connectivity index (χ1v) is 18.0. The molecule has 3 aromatic carbocycles. The molecule has 2 N–H and O–H groups in total. The Morgan fingerprint density at radius 1 is 0.872 bits per heavy atom. The molecule has 1 aliphatic heterocycles. The molecule has 47 heavy (non-hydrogen) atoms. The van der Waals surface area contributed by atoms with Gasteiger partial charge in [-0.3, -0.25) is 4.79 Å². The number of hydrogen-bond donors (Lipinski definition) is 2. The third-order valence-corrected chi connectivity index (χ3v) is 10.7. The Morgan fingerprint density at radius 3 is 2.23 bits per heavy atom. The highest BCUT2D eigenvalue weighted by Crippen LogP contribution is 2.36. The minimum atomic E-state index is -4.13. The highest BCUT2D eigenvalue weighted by Gasteiger charge is 2.33. The summed E-state index contributed by atoms with van der Waals surface area (Å²) in [6.45, 7) is 10.5. The van der Waals surface area contributed by atoms with Crippen molar-refractivity contribution in [3.63, 3.8) is 0 Å². The third-order valence-electron chi connectivity index (χ3n) is 9.42. The molecule has 2 atom stereocenters. The fraction of sp³-hybridized carbons (Fsp3) is 0.395. The van der Waals surface area contributed by atoms with Crippen LogP contribution in [0.1, 0.15) is 98.0 Å². The lowest BCUT2D eigenvalue weighted by Crippen LogP contribution is -2.43. The van der Waals surface area contributed by atoms with Crippen molar-refractivity contribution in [2.75, 3.05) is 4.72 Å². The number of nitrogens with zero attached hydrogens (tertiary/aromatic N) is 2. The Balaban J connectivity index is 1.54. The van der Waals surface area contributed by atoms with Gasteiger partial charge in [0.15, 0.2) is 0 Å². The van der Waals surface area contributed by atoms with Gasteiger partial charge in [-0.25, -0.2) is 18.1 Å². The number of rotatable bonds is 4. The van der Waals surface area contributed by atoms with Crippen LogP contribution in [0, 0.1) is 19.8 Å². The van der Waals surface area contributed by atoms with Gasteiger partial charge in [-0.1, -0.05) is 101 Å². The molecule has 6 rings (SSSR count). The number of anilines is 1. The van der Waals surface area contributed by atoms with Crippen LogP contribution in [-0.2, 0) is 15.4 Å². The fourth-order valence-electron chi connectivity index (χ4n) is 6.84. The maximum atomic E-state index is 13.9. The van der Waals surface area contributed by atoms with Gasteiger partial charge in [0.2, 0.25) is 11.8 Å². The average molecular weight is 653 g/mol. The number of aryl methyl sites for hydroxylation is 2. The zero-order valence-electron chi connectivity index (χ0n) is 27.8. The van der Waals surface area contributed by atoms with Crippen molar-refractivity contribution in [1.82, 2.24) is 15.3 Å². The van der Waals surface area contributed by atoms with Crippen molar-refractivity contribution < 1.29 is 17.9 Å². The largest absolute Gasteiger partial charge is 0.467 e. The second-order valence-corrected chi connectivity index (χ2v) is 15.7. The minimum absolute atomic E-state index is 0.0378. The highest BCUT2D eigenvalue weighted by molar-refractivity contribution is 7.92. The molecule has 1 unspecified atom stereocenters. The van der Waals surface area contributed by atoms with E-state index in [0.717, 1.165) is 54.4 Å². The molecule has 2 heterocycles. The first-order valence-electron chi connectivity index (χ1n) is 16.5. The summed E-state index contributed by atoms with van der Waals surface area (Å²) in [5.41, 5.74) is 5.71. The van der Waals surface area contributed by atoms with Crippen molar-refractivity contribution in [2.24, 2.45) is 5.92 Å². The molecule has 4 aromatic rings. The zero-order valence-corrected chi connectivity index (χ0v) is 28.7. The number of benzene rings is 3. The number of aromatic nitrogens is 2. The SMILES string of the molecule is Cc1cccc(C)c1-c1cc2nc(n1)NS(=O)(=O)c1cccc(c1)C(=O)N[C@H](CC1CCCCC1)C(c1ccc(C(C)(C)C)cc1)O2.